The van der Waals surface area contributed by atoms with Crippen LogP contribution in [0.25, 0.3) is 0 Å². The van der Waals surface area contributed by atoms with Crippen LogP contribution in [-0.2, 0) is 0 Å². The van der Waals surface area contributed by atoms with E-state index in [1.807, 2.05) is 0 Å². The van der Waals surface area contributed by atoms with Gasteiger partial charge in [-0.3, -0.25) is 0 Å². The smallest absolute Gasteiger partial charge is 0 e. The van der Waals surface area contributed by atoms with Crippen molar-refractivity contribution in [1.29, 1.82) is 0 Å². The molecule has 0 heterocycles. The molecule has 0 N–H and O–H groups in total. The molecule has 0 aromatic carbocycles. The molecule has 0 unspecified atom stereocenters. The fourth-order valence-electron chi connectivity index (χ4n) is 6.04. The second-order valence-electron chi connectivity index (χ2n) is 13.7. The van der Waals surface area contributed by atoms with Gasteiger partial charge in [-0.05, 0) is 30.9 Å². The van der Waals surface area contributed by atoms with Crippen molar-refractivity contribution in [2.45, 2.75) is 156 Å². The van der Waals surface area contributed by atoms with E-state index in [-0.39, 0.29) is 45.4 Å². The van der Waals surface area contributed by atoms with Crippen LogP contribution in [-0.4, -0.2) is 60.5 Å². The standard InChI is InChI=1S/2C12H27P.Na/c2*1-10(2,3)13(11(4,5)6)12(7,8)9;/h2*1-9H3;. The van der Waals surface area contributed by atoms with Crippen LogP contribution in [0.4, 0.5) is 0 Å². The Morgan fingerprint density at radius 2 is 0.333 bits per heavy atom. The second-order valence-corrected chi connectivity index (χ2v) is 23.1. The fourth-order valence-corrected chi connectivity index (χ4v) is 18.1. The van der Waals surface area contributed by atoms with E-state index in [4.69, 9.17) is 0 Å². The zero-order chi connectivity index (χ0) is 22.2. The SMILES string of the molecule is CC(C)(C)P(C(C)(C)C)C(C)(C)C.CC(C)(C)P(C(C)(C)C)C(C)(C)C.[Na]. The maximum Gasteiger partial charge on any atom is 0 e. The molecule has 0 aromatic rings. The van der Waals surface area contributed by atoms with Crippen molar-refractivity contribution < 1.29 is 0 Å². The van der Waals surface area contributed by atoms with Gasteiger partial charge in [0.05, 0.1) is 0 Å². The molecule has 0 rings (SSSR count). The Hall–Kier alpha value is 1.86. The summed E-state index contributed by atoms with van der Waals surface area (Å²) in [7, 11) is 0.0324. The van der Waals surface area contributed by atoms with Gasteiger partial charge < -0.3 is 0 Å². The molecule has 1 radical (unpaired) electrons. The van der Waals surface area contributed by atoms with Crippen LogP contribution < -0.4 is 0 Å². The van der Waals surface area contributed by atoms with Crippen LogP contribution in [0.2, 0.25) is 0 Å². The molecule has 0 aromatic heterocycles. The molecule has 0 aliphatic carbocycles. The summed E-state index contributed by atoms with van der Waals surface area (Å²) in [5.41, 5.74) is 0. The summed E-state index contributed by atoms with van der Waals surface area (Å²) in [6, 6.07) is 0. The zero-order valence-electron chi connectivity index (χ0n) is 22.9. The van der Waals surface area contributed by atoms with Crippen LogP contribution in [0.1, 0.15) is 125 Å². The summed E-state index contributed by atoms with van der Waals surface area (Å²) in [6.45, 7) is 42.9. The zero-order valence-corrected chi connectivity index (χ0v) is 26.7. The molecule has 3 heteroatoms. The van der Waals surface area contributed by atoms with Gasteiger partial charge in [0.25, 0.3) is 0 Å². The topological polar surface area (TPSA) is 0 Å². The molecule has 0 bridgehead atoms. The van der Waals surface area contributed by atoms with Gasteiger partial charge in [0, 0.05) is 29.6 Å². The molecule has 0 aliphatic rings. The second kappa shape index (κ2) is 10.4. The minimum atomic E-state index is 0. The van der Waals surface area contributed by atoms with Gasteiger partial charge in [0.2, 0.25) is 0 Å². The Kier molecular flexibility index (Phi) is 13.0. The van der Waals surface area contributed by atoms with E-state index in [1.165, 1.54) is 0 Å². The third-order valence-electron chi connectivity index (χ3n) is 4.02. The van der Waals surface area contributed by atoms with Gasteiger partial charge in [-0.2, -0.15) is 0 Å². The Balaban J connectivity index is -0.000000411. The van der Waals surface area contributed by atoms with E-state index < -0.39 is 0 Å². The average molecular weight is 428 g/mol. The molecule has 0 saturated carbocycles. The van der Waals surface area contributed by atoms with E-state index in [9.17, 15) is 0 Å². The van der Waals surface area contributed by atoms with E-state index >= 15 is 0 Å². The number of hydrogen-bond acceptors (Lipinski definition) is 0. The van der Waals surface area contributed by atoms with Crippen LogP contribution in [0.5, 0.6) is 0 Å². The van der Waals surface area contributed by atoms with Gasteiger partial charge >= 0.3 is 0 Å². The normalized spacial score (nSPS) is 14.7. The summed E-state index contributed by atoms with van der Waals surface area (Å²) >= 11 is 0. The van der Waals surface area contributed by atoms with Crippen molar-refractivity contribution in [2.75, 3.05) is 0 Å². The quantitative estimate of drug-likeness (QED) is 0.267. The Bertz CT molecular complexity index is 304. The van der Waals surface area contributed by atoms with Gasteiger partial charge in [-0.15, -0.1) is 0 Å². The van der Waals surface area contributed by atoms with Gasteiger partial charge in [-0.25, -0.2) is 0 Å². The fraction of sp³-hybridized carbons (Fsp3) is 1.00. The summed E-state index contributed by atoms with van der Waals surface area (Å²) in [5.74, 6) is 0. The Labute approximate surface area is 200 Å². The van der Waals surface area contributed by atoms with Crippen molar-refractivity contribution in [3.8, 4) is 0 Å². The third-order valence-corrected chi connectivity index (χ3v) is 12.1. The molecular weight excluding hydrogens is 373 g/mol. The molecule has 0 amide bonds. The Morgan fingerprint density at radius 1 is 0.259 bits per heavy atom. The molecule has 27 heavy (non-hydrogen) atoms. The summed E-state index contributed by atoms with van der Waals surface area (Å²) in [4.78, 5) is 0. The van der Waals surface area contributed by atoms with E-state index in [2.05, 4.69) is 125 Å². The molecule has 0 fully saturated rings. The first-order valence-electron chi connectivity index (χ1n) is 10.3. The van der Waals surface area contributed by atoms with Gasteiger partial charge in [0.15, 0.2) is 0 Å². The molecular formula is C24H54NaP2. The summed E-state index contributed by atoms with van der Waals surface area (Å²) in [5, 5.41) is 2.70. The molecule has 0 aliphatic heterocycles. The Morgan fingerprint density at radius 3 is 0.333 bits per heavy atom. The number of hydrogen-bond donors (Lipinski definition) is 0. The maximum absolute atomic E-state index is 2.38. The molecule has 0 saturated heterocycles. The molecule has 0 nitrogen and oxygen atoms in total. The maximum atomic E-state index is 2.38. The minimum Gasteiger partial charge on any atom is -0.0901 e. The van der Waals surface area contributed by atoms with Gasteiger partial charge in [-0.1, -0.05) is 140 Å². The van der Waals surface area contributed by atoms with Gasteiger partial charge in [0.1, 0.15) is 0 Å². The van der Waals surface area contributed by atoms with Crippen molar-refractivity contribution in [3.63, 3.8) is 0 Å². The molecule has 0 spiro atoms. The van der Waals surface area contributed by atoms with Crippen molar-refractivity contribution in [2.24, 2.45) is 0 Å². The van der Waals surface area contributed by atoms with Crippen molar-refractivity contribution >= 4 is 45.4 Å². The first-order chi connectivity index (χ1) is 10.7. The predicted octanol–water partition coefficient (Wildman–Crippen LogP) is 9.35. The third kappa shape index (κ3) is 13.0. The monoisotopic (exact) mass is 427 g/mol. The van der Waals surface area contributed by atoms with Crippen molar-refractivity contribution in [1.82, 2.24) is 0 Å². The number of rotatable bonds is 0. The molecule has 0 atom stereocenters. The van der Waals surface area contributed by atoms with E-state index in [0.29, 0.717) is 30.9 Å². The van der Waals surface area contributed by atoms with E-state index in [0.717, 1.165) is 0 Å². The molecule has 161 valence electrons. The van der Waals surface area contributed by atoms with Crippen LogP contribution >= 0.6 is 15.8 Å². The largest absolute Gasteiger partial charge is 0.0901 e. The minimum absolute atomic E-state index is 0. The van der Waals surface area contributed by atoms with Crippen molar-refractivity contribution in [3.05, 3.63) is 0 Å². The van der Waals surface area contributed by atoms with Crippen LogP contribution in [0.15, 0.2) is 0 Å². The van der Waals surface area contributed by atoms with Crippen LogP contribution in [0, 0.1) is 0 Å². The summed E-state index contributed by atoms with van der Waals surface area (Å²) < 4.78 is 0. The van der Waals surface area contributed by atoms with E-state index in [1.54, 1.807) is 0 Å². The summed E-state index contributed by atoms with van der Waals surface area (Å²) in [6.07, 6.45) is 0. The first-order valence-corrected chi connectivity index (χ1v) is 13.0. The predicted molar refractivity (Wildman–Crippen MR) is 138 cm³/mol. The van der Waals surface area contributed by atoms with Crippen LogP contribution in [0.3, 0.4) is 0 Å². The average Bonchev–Trinajstić information content (AvgIpc) is 1.97. The first kappa shape index (κ1) is 33.5.